The van der Waals surface area contributed by atoms with Crippen LogP contribution in [0.5, 0.6) is 5.75 Å². The second-order valence-electron chi connectivity index (χ2n) is 3.50. The van der Waals surface area contributed by atoms with Gasteiger partial charge in [0.2, 0.25) is 0 Å². The minimum atomic E-state index is -0.210. The summed E-state index contributed by atoms with van der Waals surface area (Å²) >= 11 is 0. The lowest BCUT2D eigenvalue weighted by Crippen LogP contribution is -2.19. The zero-order valence-corrected chi connectivity index (χ0v) is 8.49. The fraction of sp³-hybridized carbons (Fsp3) is 0.400. The number of nitrogens with two attached hydrogens (primary N) is 1. The highest BCUT2D eigenvalue weighted by molar-refractivity contribution is 5.96. The molecule has 15 heavy (non-hydrogen) atoms. The highest BCUT2D eigenvalue weighted by atomic mass is 16.5. The highest BCUT2D eigenvalue weighted by Crippen LogP contribution is 2.29. The summed E-state index contributed by atoms with van der Waals surface area (Å²) in [6.45, 7) is 0. The van der Waals surface area contributed by atoms with E-state index < -0.39 is 0 Å². The summed E-state index contributed by atoms with van der Waals surface area (Å²) < 4.78 is 5.58. The van der Waals surface area contributed by atoms with Crippen molar-refractivity contribution in [1.82, 2.24) is 10.3 Å². The van der Waals surface area contributed by atoms with E-state index in [0.29, 0.717) is 17.1 Å². The minimum absolute atomic E-state index is 0.210. The van der Waals surface area contributed by atoms with Gasteiger partial charge in [-0.1, -0.05) is 0 Å². The van der Waals surface area contributed by atoms with Crippen molar-refractivity contribution in [3.8, 4) is 5.75 Å². The van der Waals surface area contributed by atoms with Crippen molar-refractivity contribution < 1.29 is 9.53 Å². The second kappa shape index (κ2) is 3.76. The van der Waals surface area contributed by atoms with Crippen molar-refractivity contribution in [2.75, 3.05) is 12.8 Å². The molecule has 5 nitrogen and oxygen atoms in total. The Morgan fingerprint density at radius 1 is 1.67 bits per heavy atom. The summed E-state index contributed by atoms with van der Waals surface area (Å²) in [5.41, 5.74) is 5.97. The van der Waals surface area contributed by atoms with Gasteiger partial charge in [-0.3, -0.25) is 4.79 Å². The van der Waals surface area contributed by atoms with Crippen molar-refractivity contribution in [3.63, 3.8) is 0 Å². The lowest BCUT2D eigenvalue weighted by Gasteiger charge is -2.09. The average molecular weight is 207 g/mol. The van der Waals surface area contributed by atoms with Gasteiger partial charge in [0.1, 0.15) is 11.6 Å². The summed E-state index contributed by atoms with van der Waals surface area (Å²) in [6.07, 6.45) is 3.74. The molecule has 0 unspecified atom stereocenters. The standard InChI is InChI=1S/C10H13N3O2/c1-12-10(14)7-5-13-9(11)4-8(7)15-6-2-3-6/h4-6H,2-3H2,1H3,(H2,11,13)(H,12,14). The van der Waals surface area contributed by atoms with E-state index in [-0.39, 0.29) is 12.0 Å². The maximum absolute atomic E-state index is 11.5. The van der Waals surface area contributed by atoms with Crippen molar-refractivity contribution in [2.24, 2.45) is 0 Å². The molecule has 1 aliphatic carbocycles. The van der Waals surface area contributed by atoms with Gasteiger partial charge in [0.05, 0.1) is 11.7 Å². The molecule has 1 aliphatic rings. The summed E-state index contributed by atoms with van der Waals surface area (Å²) in [5, 5.41) is 2.54. The third-order valence-corrected chi connectivity index (χ3v) is 2.18. The van der Waals surface area contributed by atoms with Gasteiger partial charge in [0.25, 0.3) is 5.91 Å². The molecular weight excluding hydrogens is 194 g/mol. The molecule has 2 rings (SSSR count). The molecule has 0 aliphatic heterocycles. The second-order valence-corrected chi connectivity index (χ2v) is 3.50. The zero-order valence-electron chi connectivity index (χ0n) is 8.49. The van der Waals surface area contributed by atoms with Gasteiger partial charge < -0.3 is 15.8 Å². The SMILES string of the molecule is CNC(=O)c1cnc(N)cc1OC1CC1. The van der Waals surface area contributed by atoms with E-state index in [1.165, 1.54) is 6.20 Å². The molecule has 1 heterocycles. The zero-order chi connectivity index (χ0) is 10.8. The maximum atomic E-state index is 11.5. The molecule has 0 aromatic carbocycles. The molecule has 0 spiro atoms. The molecule has 0 bridgehead atoms. The number of nitrogens with zero attached hydrogens (tertiary/aromatic N) is 1. The van der Waals surface area contributed by atoms with Crippen LogP contribution in [0.25, 0.3) is 0 Å². The van der Waals surface area contributed by atoms with Crippen LogP contribution in [0.2, 0.25) is 0 Å². The molecule has 1 amide bonds. The molecule has 0 saturated heterocycles. The fourth-order valence-electron chi connectivity index (χ4n) is 1.22. The minimum Gasteiger partial charge on any atom is -0.489 e. The van der Waals surface area contributed by atoms with Crippen molar-refractivity contribution in [1.29, 1.82) is 0 Å². The Balaban J connectivity index is 2.29. The molecule has 1 aromatic heterocycles. The Kier molecular flexibility index (Phi) is 2.45. The number of nitrogen functional groups attached to an aromatic ring is 1. The molecule has 1 fully saturated rings. The van der Waals surface area contributed by atoms with Gasteiger partial charge in [0.15, 0.2) is 0 Å². The largest absolute Gasteiger partial charge is 0.489 e. The van der Waals surface area contributed by atoms with Gasteiger partial charge in [-0.05, 0) is 12.8 Å². The fourth-order valence-corrected chi connectivity index (χ4v) is 1.22. The van der Waals surface area contributed by atoms with Crippen molar-refractivity contribution in [3.05, 3.63) is 17.8 Å². The number of ether oxygens (including phenoxy) is 1. The van der Waals surface area contributed by atoms with Crippen LogP contribution in [0.3, 0.4) is 0 Å². The van der Waals surface area contributed by atoms with Gasteiger partial charge in [-0.25, -0.2) is 4.98 Å². The Morgan fingerprint density at radius 2 is 2.40 bits per heavy atom. The first kappa shape index (κ1) is 9.76. The van der Waals surface area contributed by atoms with Crippen LogP contribution in [0.4, 0.5) is 5.82 Å². The summed E-state index contributed by atoms with van der Waals surface area (Å²) in [5.74, 6) is 0.667. The molecule has 1 aromatic rings. The number of carbonyl (C=O) groups excluding carboxylic acids is 1. The molecule has 80 valence electrons. The number of rotatable bonds is 3. The van der Waals surface area contributed by atoms with Crippen LogP contribution in [0.1, 0.15) is 23.2 Å². The molecule has 0 atom stereocenters. The van der Waals surface area contributed by atoms with E-state index in [2.05, 4.69) is 10.3 Å². The van der Waals surface area contributed by atoms with Gasteiger partial charge >= 0.3 is 0 Å². The van der Waals surface area contributed by atoms with E-state index in [0.717, 1.165) is 12.8 Å². The van der Waals surface area contributed by atoms with Crippen LogP contribution < -0.4 is 15.8 Å². The van der Waals surface area contributed by atoms with Crippen LogP contribution >= 0.6 is 0 Å². The monoisotopic (exact) mass is 207 g/mol. The van der Waals surface area contributed by atoms with E-state index in [4.69, 9.17) is 10.5 Å². The molecule has 5 heteroatoms. The lowest BCUT2D eigenvalue weighted by molar-refractivity contribution is 0.0958. The Labute approximate surface area is 87.6 Å². The highest BCUT2D eigenvalue weighted by Gasteiger charge is 2.25. The van der Waals surface area contributed by atoms with Gasteiger partial charge in [-0.15, -0.1) is 0 Å². The Morgan fingerprint density at radius 3 is 3.00 bits per heavy atom. The molecule has 1 saturated carbocycles. The first-order valence-electron chi connectivity index (χ1n) is 4.85. The van der Waals surface area contributed by atoms with E-state index in [1.807, 2.05) is 0 Å². The number of hydrogen-bond acceptors (Lipinski definition) is 4. The van der Waals surface area contributed by atoms with Crippen LogP contribution in [0.15, 0.2) is 12.3 Å². The molecular formula is C10H13N3O2. The first-order chi connectivity index (χ1) is 7.20. The predicted molar refractivity (Wildman–Crippen MR) is 55.7 cm³/mol. The topological polar surface area (TPSA) is 77.2 Å². The average Bonchev–Trinajstić information content (AvgIpc) is 3.01. The summed E-state index contributed by atoms with van der Waals surface area (Å²) in [7, 11) is 1.57. The number of hydrogen-bond donors (Lipinski definition) is 2. The lowest BCUT2D eigenvalue weighted by atomic mass is 10.2. The van der Waals surface area contributed by atoms with Crippen molar-refractivity contribution in [2.45, 2.75) is 18.9 Å². The first-order valence-corrected chi connectivity index (χ1v) is 4.85. The van der Waals surface area contributed by atoms with Gasteiger partial charge in [-0.2, -0.15) is 0 Å². The predicted octanol–water partition coefficient (Wildman–Crippen LogP) is 0.565. The van der Waals surface area contributed by atoms with Crippen molar-refractivity contribution >= 4 is 11.7 Å². The van der Waals surface area contributed by atoms with Gasteiger partial charge in [0, 0.05) is 19.3 Å². The third kappa shape index (κ3) is 2.18. The number of amides is 1. The van der Waals surface area contributed by atoms with Crippen LogP contribution in [-0.4, -0.2) is 24.0 Å². The summed E-state index contributed by atoms with van der Waals surface area (Å²) in [4.78, 5) is 15.3. The smallest absolute Gasteiger partial charge is 0.256 e. The third-order valence-electron chi connectivity index (χ3n) is 2.18. The van der Waals surface area contributed by atoms with Crippen LogP contribution in [0, 0.1) is 0 Å². The van der Waals surface area contributed by atoms with Crippen LogP contribution in [-0.2, 0) is 0 Å². The number of nitrogens with one attached hydrogen (secondary N) is 1. The summed E-state index contributed by atoms with van der Waals surface area (Å²) in [6, 6.07) is 1.59. The van der Waals surface area contributed by atoms with E-state index >= 15 is 0 Å². The Hall–Kier alpha value is -1.78. The number of carbonyl (C=O) groups is 1. The number of anilines is 1. The quantitative estimate of drug-likeness (QED) is 0.759. The number of aromatic nitrogens is 1. The molecule has 3 N–H and O–H groups in total. The maximum Gasteiger partial charge on any atom is 0.256 e. The Bertz CT molecular complexity index is 388. The molecule has 0 radical (unpaired) electrons. The normalized spacial score (nSPS) is 14.7. The number of pyridine rings is 1. The van der Waals surface area contributed by atoms with E-state index in [1.54, 1.807) is 13.1 Å². The van der Waals surface area contributed by atoms with E-state index in [9.17, 15) is 4.79 Å².